The van der Waals surface area contributed by atoms with E-state index in [9.17, 15) is 8.42 Å². The second-order valence-corrected chi connectivity index (χ2v) is 10.4. The highest BCUT2D eigenvalue weighted by atomic mass is 32.2. The third-order valence-electron chi connectivity index (χ3n) is 4.75. The van der Waals surface area contributed by atoms with E-state index in [1.165, 1.54) is 0 Å². The summed E-state index contributed by atoms with van der Waals surface area (Å²) >= 11 is 0. The molecule has 0 heterocycles. The zero-order chi connectivity index (χ0) is 19.2. The summed E-state index contributed by atoms with van der Waals surface area (Å²) in [5.41, 5.74) is 1.02. The second kappa shape index (κ2) is 9.06. The Hall–Kier alpha value is -1.31. The summed E-state index contributed by atoms with van der Waals surface area (Å²) in [7, 11) is -1.68. The minimum absolute atomic E-state index is 0.0567. The number of hydrogen-bond acceptors (Lipinski definition) is 5. The largest absolute Gasteiger partial charge is 0.467 e. The number of hydrogen-bond donors (Lipinski definition) is 2. The molecule has 2 rings (SSSR count). The van der Waals surface area contributed by atoms with Crippen molar-refractivity contribution in [2.24, 2.45) is 5.92 Å². The highest BCUT2D eigenvalue weighted by Crippen LogP contribution is 2.27. The molecular weight excluding hydrogens is 352 g/mol. The van der Waals surface area contributed by atoms with Crippen LogP contribution >= 0.6 is 0 Å². The Kier molecular flexibility index (Phi) is 7.32. The standard InChI is InChI=1S/C19H32N2O4S/c1-19(2,3)26(22,23)21-16-10-8-15(9-11-16)13-20-17-6-5-7-18(12-17)25-14-24-4/h5-7,12,15-16,20-21H,8-11,13-14H2,1-4H3. The number of nitrogens with one attached hydrogen (secondary N) is 2. The number of anilines is 1. The van der Waals surface area contributed by atoms with Crippen LogP contribution < -0.4 is 14.8 Å². The van der Waals surface area contributed by atoms with Crippen LogP contribution in [0.1, 0.15) is 46.5 Å². The average Bonchev–Trinajstić information content (AvgIpc) is 2.58. The van der Waals surface area contributed by atoms with Gasteiger partial charge in [0.15, 0.2) is 6.79 Å². The summed E-state index contributed by atoms with van der Waals surface area (Å²) in [6.07, 6.45) is 3.81. The van der Waals surface area contributed by atoms with Crippen LogP contribution in [0.15, 0.2) is 24.3 Å². The Morgan fingerprint density at radius 3 is 2.46 bits per heavy atom. The van der Waals surface area contributed by atoms with Crippen molar-refractivity contribution in [1.29, 1.82) is 0 Å². The van der Waals surface area contributed by atoms with Crippen LogP contribution in [0.3, 0.4) is 0 Å². The van der Waals surface area contributed by atoms with E-state index < -0.39 is 14.8 Å². The molecule has 0 bridgehead atoms. The van der Waals surface area contributed by atoms with Gasteiger partial charge in [-0.15, -0.1) is 0 Å². The first-order valence-electron chi connectivity index (χ1n) is 9.19. The number of methoxy groups -OCH3 is 1. The number of ether oxygens (including phenoxy) is 2. The lowest BCUT2D eigenvalue weighted by Crippen LogP contribution is -2.46. The van der Waals surface area contributed by atoms with Gasteiger partial charge in [0.25, 0.3) is 0 Å². The minimum atomic E-state index is -3.27. The van der Waals surface area contributed by atoms with Crippen LogP contribution in [0.2, 0.25) is 0 Å². The Balaban J connectivity index is 1.77. The Labute approximate surface area is 157 Å². The maximum atomic E-state index is 12.3. The first-order chi connectivity index (χ1) is 12.2. The van der Waals surface area contributed by atoms with Crippen LogP contribution in [0.5, 0.6) is 5.75 Å². The van der Waals surface area contributed by atoms with Gasteiger partial charge in [0, 0.05) is 31.5 Å². The molecule has 0 atom stereocenters. The van der Waals surface area contributed by atoms with E-state index in [-0.39, 0.29) is 12.8 Å². The van der Waals surface area contributed by atoms with E-state index in [2.05, 4.69) is 10.0 Å². The zero-order valence-corrected chi connectivity index (χ0v) is 17.1. The summed E-state index contributed by atoms with van der Waals surface area (Å²) < 4.78 is 37.0. The van der Waals surface area contributed by atoms with E-state index in [1.807, 2.05) is 24.3 Å². The van der Waals surface area contributed by atoms with Gasteiger partial charge in [0.05, 0.1) is 4.75 Å². The van der Waals surface area contributed by atoms with E-state index >= 15 is 0 Å². The Bertz CT molecular complexity index is 662. The summed E-state index contributed by atoms with van der Waals surface area (Å²) in [5, 5.41) is 3.46. The van der Waals surface area contributed by atoms with Gasteiger partial charge in [-0.25, -0.2) is 13.1 Å². The van der Waals surface area contributed by atoms with Crippen molar-refractivity contribution >= 4 is 15.7 Å². The first-order valence-corrected chi connectivity index (χ1v) is 10.7. The van der Waals surface area contributed by atoms with Gasteiger partial charge >= 0.3 is 0 Å². The maximum Gasteiger partial charge on any atom is 0.216 e. The monoisotopic (exact) mass is 384 g/mol. The van der Waals surface area contributed by atoms with Crippen LogP contribution in [0, 0.1) is 5.92 Å². The molecule has 1 aliphatic carbocycles. The summed E-state index contributed by atoms with van der Waals surface area (Å²) in [5.74, 6) is 1.33. The molecule has 7 heteroatoms. The van der Waals surface area contributed by atoms with Gasteiger partial charge in [0.1, 0.15) is 5.75 Å². The lowest BCUT2D eigenvalue weighted by molar-refractivity contribution is 0.0512. The first kappa shape index (κ1) is 21.0. The number of benzene rings is 1. The molecule has 1 fully saturated rings. The molecule has 1 aromatic carbocycles. The number of rotatable bonds is 8. The van der Waals surface area contributed by atoms with Crippen LogP contribution in [0.25, 0.3) is 0 Å². The lowest BCUT2D eigenvalue weighted by Gasteiger charge is -2.31. The normalized spacial score (nSPS) is 21.4. The van der Waals surface area contributed by atoms with Gasteiger partial charge in [-0.2, -0.15) is 0 Å². The molecule has 0 saturated heterocycles. The van der Waals surface area contributed by atoms with Crippen LogP contribution in [-0.4, -0.2) is 39.7 Å². The maximum absolute atomic E-state index is 12.3. The molecule has 148 valence electrons. The molecule has 1 saturated carbocycles. The van der Waals surface area contributed by atoms with Crippen molar-refractivity contribution in [2.75, 3.05) is 25.8 Å². The molecule has 0 aromatic heterocycles. The fourth-order valence-corrected chi connectivity index (χ4v) is 3.99. The molecule has 0 aliphatic heterocycles. The Morgan fingerprint density at radius 1 is 1.15 bits per heavy atom. The zero-order valence-electron chi connectivity index (χ0n) is 16.2. The SMILES string of the molecule is COCOc1cccc(NCC2CCC(NS(=O)(=O)C(C)(C)C)CC2)c1. The second-order valence-electron chi connectivity index (χ2n) is 7.91. The molecule has 0 radical (unpaired) electrons. The quantitative estimate of drug-likeness (QED) is 0.672. The van der Waals surface area contributed by atoms with Crippen molar-refractivity contribution < 1.29 is 17.9 Å². The minimum Gasteiger partial charge on any atom is -0.467 e. The van der Waals surface area contributed by atoms with Crippen molar-refractivity contribution in [3.8, 4) is 5.75 Å². The highest BCUT2D eigenvalue weighted by molar-refractivity contribution is 7.90. The molecule has 1 aliphatic rings. The van der Waals surface area contributed by atoms with Crippen molar-refractivity contribution in [3.63, 3.8) is 0 Å². The van der Waals surface area contributed by atoms with Crippen molar-refractivity contribution in [1.82, 2.24) is 4.72 Å². The molecule has 0 amide bonds. The Morgan fingerprint density at radius 2 is 1.85 bits per heavy atom. The van der Waals surface area contributed by atoms with Crippen molar-refractivity contribution in [3.05, 3.63) is 24.3 Å². The topological polar surface area (TPSA) is 76.7 Å². The summed E-state index contributed by atoms with van der Waals surface area (Å²) in [6.45, 7) is 6.31. The van der Waals surface area contributed by atoms with Gasteiger partial charge in [-0.05, 0) is 64.5 Å². The predicted molar refractivity (Wildman–Crippen MR) is 105 cm³/mol. The average molecular weight is 385 g/mol. The molecule has 6 nitrogen and oxygen atoms in total. The third-order valence-corrected chi connectivity index (χ3v) is 7.00. The molecular formula is C19H32N2O4S. The fourth-order valence-electron chi connectivity index (χ4n) is 2.97. The van der Waals surface area contributed by atoms with E-state index in [4.69, 9.17) is 9.47 Å². The smallest absolute Gasteiger partial charge is 0.216 e. The van der Waals surface area contributed by atoms with Gasteiger partial charge < -0.3 is 14.8 Å². The van der Waals surface area contributed by atoms with Gasteiger partial charge in [-0.3, -0.25) is 0 Å². The predicted octanol–water partition coefficient (Wildman–Crippen LogP) is 3.36. The molecule has 1 aromatic rings. The molecule has 0 unspecified atom stereocenters. The summed E-state index contributed by atoms with van der Waals surface area (Å²) in [4.78, 5) is 0. The highest BCUT2D eigenvalue weighted by Gasteiger charge is 2.32. The van der Waals surface area contributed by atoms with Crippen molar-refractivity contribution in [2.45, 2.75) is 57.2 Å². The van der Waals surface area contributed by atoms with Crippen LogP contribution in [0.4, 0.5) is 5.69 Å². The molecule has 2 N–H and O–H groups in total. The third kappa shape index (κ3) is 6.14. The molecule has 26 heavy (non-hydrogen) atoms. The summed E-state index contributed by atoms with van der Waals surface area (Å²) in [6, 6.07) is 7.88. The van der Waals surface area contributed by atoms with Gasteiger partial charge in [-0.1, -0.05) is 6.07 Å². The van der Waals surface area contributed by atoms with E-state index in [1.54, 1.807) is 27.9 Å². The molecule has 0 spiro atoms. The van der Waals surface area contributed by atoms with E-state index in [0.29, 0.717) is 5.92 Å². The fraction of sp³-hybridized carbons (Fsp3) is 0.684. The van der Waals surface area contributed by atoms with Gasteiger partial charge in [0.2, 0.25) is 10.0 Å². The van der Waals surface area contributed by atoms with E-state index in [0.717, 1.165) is 43.7 Å². The number of sulfonamides is 1. The van der Waals surface area contributed by atoms with Crippen LogP contribution in [-0.2, 0) is 14.8 Å². The lowest BCUT2D eigenvalue weighted by atomic mass is 9.86.